The molecule has 0 saturated heterocycles. The summed E-state index contributed by atoms with van der Waals surface area (Å²) in [5, 5.41) is 22.4. The summed E-state index contributed by atoms with van der Waals surface area (Å²) in [5.41, 5.74) is -2.47. The molecule has 8 heteroatoms. The van der Waals surface area contributed by atoms with Crippen LogP contribution in [0.4, 0.5) is 14.5 Å². The summed E-state index contributed by atoms with van der Waals surface area (Å²) >= 11 is 0. The van der Waals surface area contributed by atoms with E-state index in [-0.39, 0.29) is 6.61 Å². The Morgan fingerprint density at radius 1 is 1.33 bits per heavy atom. The van der Waals surface area contributed by atoms with Crippen molar-refractivity contribution in [1.29, 1.82) is 0 Å². The number of carbonyl (C=O) groups excluding carboxylic acids is 1. The van der Waals surface area contributed by atoms with Crippen LogP contribution >= 0.6 is 0 Å². The predicted molar refractivity (Wildman–Crippen MR) is 68.8 cm³/mol. The molecule has 0 aliphatic heterocycles. The number of nitro groups is 1. The molecular formula is C13H14F2N2O4. The molecule has 1 aliphatic rings. The highest BCUT2D eigenvalue weighted by atomic mass is 19.1. The van der Waals surface area contributed by atoms with Gasteiger partial charge in [-0.1, -0.05) is 12.8 Å². The predicted octanol–water partition coefficient (Wildman–Crippen LogP) is 1.91. The van der Waals surface area contributed by atoms with Gasteiger partial charge in [0.25, 0.3) is 5.91 Å². The van der Waals surface area contributed by atoms with E-state index in [1.165, 1.54) is 0 Å². The molecule has 1 saturated carbocycles. The second-order valence-corrected chi connectivity index (χ2v) is 5.14. The first-order chi connectivity index (χ1) is 9.88. The van der Waals surface area contributed by atoms with Gasteiger partial charge in [0, 0.05) is 0 Å². The lowest BCUT2D eigenvalue weighted by molar-refractivity contribution is -0.387. The fourth-order valence-electron chi connectivity index (χ4n) is 2.53. The number of nitrogens with zero attached hydrogens (tertiary/aromatic N) is 1. The topological polar surface area (TPSA) is 92.5 Å². The van der Waals surface area contributed by atoms with E-state index in [1.807, 2.05) is 0 Å². The van der Waals surface area contributed by atoms with E-state index < -0.39 is 39.3 Å². The second-order valence-electron chi connectivity index (χ2n) is 5.14. The van der Waals surface area contributed by atoms with Gasteiger partial charge in [0.15, 0.2) is 0 Å². The van der Waals surface area contributed by atoms with Gasteiger partial charge < -0.3 is 10.4 Å². The molecule has 1 amide bonds. The second kappa shape index (κ2) is 5.72. The van der Waals surface area contributed by atoms with Gasteiger partial charge in [-0.3, -0.25) is 14.9 Å². The van der Waals surface area contributed by atoms with Crippen LogP contribution in [0.25, 0.3) is 0 Å². The van der Waals surface area contributed by atoms with Crippen molar-refractivity contribution in [3.63, 3.8) is 0 Å². The number of benzene rings is 1. The number of aliphatic hydroxyl groups is 1. The third-order valence-corrected chi connectivity index (χ3v) is 3.72. The van der Waals surface area contributed by atoms with Crippen molar-refractivity contribution in [3.05, 3.63) is 39.4 Å². The zero-order valence-corrected chi connectivity index (χ0v) is 11.1. The Bertz CT molecular complexity index is 586. The molecule has 0 radical (unpaired) electrons. The normalized spacial score (nSPS) is 16.7. The maximum absolute atomic E-state index is 13.7. The van der Waals surface area contributed by atoms with Gasteiger partial charge in [-0.25, -0.2) is 4.39 Å². The average molecular weight is 300 g/mol. The van der Waals surface area contributed by atoms with Gasteiger partial charge in [-0.15, -0.1) is 0 Å². The molecular weight excluding hydrogens is 286 g/mol. The summed E-state index contributed by atoms with van der Waals surface area (Å²) < 4.78 is 27.2. The van der Waals surface area contributed by atoms with E-state index in [9.17, 15) is 28.8 Å². The van der Waals surface area contributed by atoms with Crippen LogP contribution in [0.15, 0.2) is 12.1 Å². The van der Waals surface area contributed by atoms with Crippen LogP contribution in [0.1, 0.15) is 36.0 Å². The molecule has 0 bridgehead atoms. The number of amides is 1. The summed E-state index contributed by atoms with van der Waals surface area (Å²) in [5.74, 6) is -3.35. The van der Waals surface area contributed by atoms with E-state index in [0.29, 0.717) is 25.0 Å². The fourth-order valence-corrected chi connectivity index (χ4v) is 2.53. The van der Waals surface area contributed by atoms with Crippen LogP contribution in [0.5, 0.6) is 0 Å². The molecule has 0 aromatic heterocycles. The van der Waals surface area contributed by atoms with E-state index in [1.54, 1.807) is 0 Å². The van der Waals surface area contributed by atoms with Crippen LogP contribution in [0.2, 0.25) is 0 Å². The van der Waals surface area contributed by atoms with E-state index in [0.717, 1.165) is 12.8 Å². The van der Waals surface area contributed by atoms with Crippen LogP contribution in [-0.4, -0.2) is 28.1 Å². The molecule has 1 aliphatic carbocycles. The molecule has 21 heavy (non-hydrogen) atoms. The molecule has 0 heterocycles. The van der Waals surface area contributed by atoms with Crippen LogP contribution in [-0.2, 0) is 0 Å². The molecule has 2 N–H and O–H groups in total. The van der Waals surface area contributed by atoms with E-state index >= 15 is 0 Å². The van der Waals surface area contributed by atoms with Crippen LogP contribution < -0.4 is 5.32 Å². The first-order valence-corrected chi connectivity index (χ1v) is 6.45. The summed E-state index contributed by atoms with van der Waals surface area (Å²) in [6.07, 6.45) is 2.73. The van der Waals surface area contributed by atoms with Gasteiger partial charge in [0.05, 0.1) is 28.7 Å². The molecule has 1 fully saturated rings. The average Bonchev–Trinajstić information content (AvgIpc) is 2.89. The summed E-state index contributed by atoms with van der Waals surface area (Å²) in [6.45, 7) is -0.296. The molecule has 0 unspecified atom stereocenters. The van der Waals surface area contributed by atoms with E-state index in [4.69, 9.17) is 0 Å². The molecule has 6 nitrogen and oxygen atoms in total. The molecule has 114 valence electrons. The third kappa shape index (κ3) is 2.99. The minimum atomic E-state index is -1.28. The highest BCUT2D eigenvalue weighted by Crippen LogP contribution is 2.30. The SMILES string of the molecule is O=C(NC1(CO)CCCC1)c1cc(F)c([N+](=O)[O-])cc1F. The Labute approximate surface area is 118 Å². The number of carbonyl (C=O) groups is 1. The molecule has 2 rings (SSSR count). The van der Waals surface area contributed by atoms with Crippen molar-refractivity contribution >= 4 is 11.6 Å². The Hall–Kier alpha value is -2.09. The number of rotatable bonds is 4. The number of hydrogen-bond acceptors (Lipinski definition) is 4. The van der Waals surface area contributed by atoms with Crippen molar-refractivity contribution in [2.45, 2.75) is 31.2 Å². The first kappa shape index (κ1) is 15.3. The summed E-state index contributed by atoms with van der Waals surface area (Å²) in [4.78, 5) is 21.5. The zero-order chi connectivity index (χ0) is 15.6. The third-order valence-electron chi connectivity index (χ3n) is 3.72. The highest BCUT2D eigenvalue weighted by Gasteiger charge is 2.35. The lowest BCUT2D eigenvalue weighted by Crippen LogP contribution is -2.49. The number of halogens is 2. The van der Waals surface area contributed by atoms with Gasteiger partial charge in [-0.2, -0.15) is 4.39 Å². The van der Waals surface area contributed by atoms with Gasteiger partial charge >= 0.3 is 5.69 Å². The molecule has 0 spiro atoms. The molecule has 1 aromatic carbocycles. The lowest BCUT2D eigenvalue weighted by Gasteiger charge is -2.28. The zero-order valence-electron chi connectivity index (χ0n) is 11.1. The fraction of sp³-hybridized carbons (Fsp3) is 0.462. The van der Waals surface area contributed by atoms with Crippen molar-refractivity contribution < 1.29 is 23.6 Å². The maximum Gasteiger partial charge on any atom is 0.307 e. The summed E-state index contributed by atoms with van der Waals surface area (Å²) in [7, 11) is 0. The van der Waals surface area contributed by atoms with Crippen molar-refractivity contribution in [2.75, 3.05) is 6.61 Å². The number of hydrogen-bond donors (Lipinski definition) is 2. The largest absolute Gasteiger partial charge is 0.394 e. The smallest absolute Gasteiger partial charge is 0.307 e. The molecule has 1 aromatic rings. The minimum Gasteiger partial charge on any atom is -0.394 e. The maximum atomic E-state index is 13.7. The Balaban J connectivity index is 2.27. The van der Waals surface area contributed by atoms with Gasteiger partial charge in [0.1, 0.15) is 5.82 Å². The Morgan fingerprint density at radius 3 is 2.48 bits per heavy atom. The monoisotopic (exact) mass is 300 g/mol. The number of aliphatic hydroxyl groups excluding tert-OH is 1. The van der Waals surface area contributed by atoms with Crippen molar-refractivity contribution in [2.24, 2.45) is 0 Å². The van der Waals surface area contributed by atoms with Crippen molar-refractivity contribution in [1.82, 2.24) is 5.32 Å². The first-order valence-electron chi connectivity index (χ1n) is 6.45. The minimum absolute atomic E-state index is 0.296. The lowest BCUT2D eigenvalue weighted by atomic mass is 9.98. The van der Waals surface area contributed by atoms with E-state index in [2.05, 4.69) is 5.32 Å². The van der Waals surface area contributed by atoms with Crippen molar-refractivity contribution in [3.8, 4) is 0 Å². The quantitative estimate of drug-likeness (QED) is 0.656. The van der Waals surface area contributed by atoms with Crippen LogP contribution in [0, 0.1) is 21.7 Å². The summed E-state index contributed by atoms with van der Waals surface area (Å²) in [6, 6.07) is 0.882. The Morgan fingerprint density at radius 2 is 1.95 bits per heavy atom. The number of nitrogens with one attached hydrogen (secondary N) is 1. The highest BCUT2D eigenvalue weighted by molar-refractivity contribution is 5.95. The Kier molecular flexibility index (Phi) is 4.17. The van der Waals surface area contributed by atoms with Gasteiger partial charge in [-0.05, 0) is 18.9 Å². The standard InChI is InChI=1S/C13H14F2N2O4/c14-9-6-11(17(20)21)10(15)5-8(9)12(19)16-13(7-18)3-1-2-4-13/h5-6,18H,1-4,7H2,(H,16,19). The molecule has 0 atom stereocenters. The van der Waals surface area contributed by atoms with Crippen LogP contribution in [0.3, 0.4) is 0 Å². The number of nitro benzene ring substituents is 1. The van der Waals surface area contributed by atoms with Gasteiger partial charge in [0.2, 0.25) is 5.82 Å².